The highest BCUT2D eigenvalue weighted by Gasteiger charge is 2.30. The highest BCUT2D eigenvalue weighted by molar-refractivity contribution is 7.12. The molecule has 2 heterocycles. The lowest BCUT2D eigenvalue weighted by atomic mass is 10.2. The Labute approximate surface area is 172 Å². The number of nitrogens with zero attached hydrogens (tertiary/aromatic N) is 1. The van der Waals surface area contributed by atoms with Gasteiger partial charge in [-0.25, -0.2) is 10.2 Å². The molecule has 0 atom stereocenters. The van der Waals surface area contributed by atoms with Crippen molar-refractivity contribution < 1.29 is 27.5 Å². The molecule has 3 rings (SSSR count). The van der Waals surface area contributed by atoms with E-state index in [0.29, 0.717) is 5.75 Å². The number of hydrazine groups is 1. The van der Waals surface area contributed by atoms with Gasteiger partial charge in [-0.3, -0.25) is 15.2 Å². The van der Waals surface area contributed by atoms with E-state index < -0.39 is 23.7 Å². The number of aromatic nitrogens is 1. The molecule has 156 valence electrons. The molecule has 0 saturated carbocycles. The second-order valence-corrected chi connectivity index (χ2v) is 6.79. The summed E-state index contributed by atoms with van der Waals surface area (Å²) in [6, 6.07) is 8.37. The Hall–Kier alpha value is -3.60. The zero-order valence-corrected chi connectivity index (χ0v) is 16.0. The molecular formula is C19H15F3N4O3S. The average Bonchev–Trinajstić information content (AvgIpc) is 3.19. The van der Waals surface area contributed by atoms with Crippen molar-refractivity contribution >= 4 is 29.0 Å². The van der Waals surface area contributed by atoms with Crippen molar-refractivity contribution in [2.24, 2.45) is 0 Å². The number of pyridine rings is 1. The quantitative estimate of drug-likeness (QED) is 0.523. The minimum absolute atomic E-state index is 0.0749. The molecule has 3 aromatic rings. The van der Waals surface area contributed by atoms with Crippen LogP contribution in [0.15, 0.2) is 60.2 Å². The number of hydrogen-bond donors (Lipinski definition) is 3. The molecule has 0 fully saturated rings. The lowest BCUT2D eigenvalue weighted by Crippen LogP contribution is -2.43. The minimum Gasteiger partial charge on any atom is -0.487 e. The summed E-state index contributed by atoms with van der Waals surface area (Å²) in [5.41, 5.74) is 4.16. The first-order chi connectivity index (χ1) is 14.3. The summed E-state index contributed by atoms with van der Waals surface area (Å²) in [7, 11) is 0. The third-order valence-electron chi connectivity index (χ3n) is 3.72. The topological polar surface area (TPSA) is 92.4 Å². The molecule has 0 aliphatic heterocycles. The van der Waals surface area contributed by atoms with Gasteiger partial charge in [-0.05, 0) is 47.3 Å². The van der Waals surface area contributed by atoms with Crippen molar-refractivity contribution in [2.45, 2.75) is 12.8 Å². The monoisotopic (exact) mass is 436 g/mol. The number of benzene rings is 1. The van der Waals surface area contributed by atoms with Crippen LogP contribution in [0.4, 0.5) is 23.7 Å². The zero-order chi connectivity index (χ0) is 21.6. The fraction of sp³-hybridized carbons (Fsp3) is 0.105. The molecule has 0 bridgehead atoms. The summed E-state index contributed by atoms with van der Waals surface area (Å²) in [4.78, 5) is 28.3. The van der Waals surface area contributed by atoms with Crippen LogP contribution in [0, 0.1) is 0 Å². The summed E-state index contributed by atoms with van der Waals surface area (Å²) in [6.45, 7) is 0.225. The Bertz CT molecular complexity index is 1030. The first kappa shape index (κ1) is 21.1. The van der Waals surface area contributed by atoms with Gasteiger partial charge in [0, 0.05) is 18.1 Å². The molecule has 7 nitrogen and oxygen atoms in total. The van der Waals surface area contributed by atoms with E-state index in [0.717, 1.165) is 35.1 Å². The lowest BCUT2D eigenvalue weighted by Gasteiger charge is -2.11. The smallest absolute Gasteiger partial charge is 0.416 e. The number of amides is 3. The number of hydrogen-bond acceptors (Lipinski definition) is 5. The number of alkyl halides is 3. The Balaban J connectivity index is 1.53. The molecule has 1 aromatic carbocycles. The van der Waals surface area contributed by atoms with Gasteiger partial charge in [-0.2, -0.15) is 13.2 Å². The second kappa shape index (κ2) is 9.27. The summed E-state index contributed by atoms with van der Waals surface area (Å²) in [6.07, 6.45) is -1.30. The number of carbonyl (C=O) groups is 2. The Morgan fingerprint density at radius 1 is 1.07 bits per heavy atom. The van der Waals surface area contributed by atoms with Crippen molar-refractivity contribution in [3.63, 3.8) is 0 Å². The third kappa shape index (κ3) is 5.70. The molecule has 11 heteroatoms. The van der Waals surface area contributed by atoms with Gasteiger partial charge in [-0.1, -0.05) is 6.07 Å². The maximum Gasteiger partial charge on any atom is 0.416 e. The first-order valence-corrected chi connectivity index (χ1v) is 9.34. The highest BCUT2D eigenvalue weighted by Crippen LogP contribution is 2.30. The predicted octanol–water partition coefficient (Wildman–Crippen LogP) is 4.21. The van der Waals surface area contributed by atoms with Crippen LogP contribution >= 0.6 is 11.3 Å². The number of nitrogens with one attached hydrogen (secondary N) is 3. The zero-order valence-electron chi connectivity index (χ0n) is 15.2. The first-order valence-electron chi connectivity index (χ1n) is 8.47. The van der Waals surface area contributed by atoms with Crippen molar-refractivity contribution in [1.29, 1.82) is 0 Å². The Morgan fingerprint density at radius 2 is 1.83 bits per heavy atom. The van der Waals surface area contributed by atoms with E-state index in [2.05, 4.69) is 21.2 Å². The molecule has 0 radical (unpaired) electrons. The highest BCUT2D eigenvalue weighted by atomic mass is 32.1. The van der Waals surface area contributed by atoms with Gasteiger partial charge in [0.25, 0.3) is 5.91 Å². The Kier molecular flexibility index (Phi) is 6.52. The number of anilines is 1. The van der Waals surface area contributed by atoms with Gasteiger partial charge in [0.1, 0.15) is 17.2 Å². The summed E-state index contributed by atoms with van der Waals surface area (Å²) in [5, 5.41) is 3.87. The van der Waals surface area contributed by atoms with Crippen molar-refractivity contribution in [1.82, 2.24) is 15.8 Å². The SMILES string of the molecule is O=C(NNC(=O)c1sccc1OCc1ccncc1)Nc1cccc(C(F)(F)F)c1. The van der Waals surface area contributed by atoms with Crippen LogP contribution in [0.2, 0.25) is 0 Å². The van der Waals surface area contributed by atoms with E-state index in [-0.39, 0.29) is 17.2 Å². The van der Waals surface area contributed by atoms with E-state index in [4.69, 9.17) is 4.74 Å². The van der Waals surface area contributed by atoms with E-state index in [1.165, 1.54) is 6.07 Å². The number of rotatable bonds is 5. The summed E-state index contributed by atoms with van der Waals surface area (Å²) >= 11 is 1.11. The van der Waals surface area contributed by atoms with Crippen molar-refractivity contribution in [3.8, 4) is 5.75 Å². The van der Waals surface area contributed by atoms with Crippen LogP contribution in [0.1, 0.15) is 20.8 Å². The van der Waals surface area contributed by atoms with Gasteiger partial charge in [0.05, 0.1) is 5.56 Å². The third-order valence-corrected chi connectivity index (χ3v) is 4.61. The van der Waals surface area contributed by atoms with Gasteiger partial charge in [-0.15, -0.1) is 11.3 Å². The Morgan fingerprint density at radius 3 is 2.57 bits per heavy atom. The molecule has 0 aliphatic rings. The molecule has 3 amide bonds. The van der Waals surface area contributed by atoms with Crippen molar-refractivity contribution in [2.75, 3.05) is 5.32 Å². The van der Waals surface area contributed by atoms with Crippen LogP contribution in [-0.2, 0) is 12.8 Å². The van der Waals surface area contributed by atoms with Crippen molar-refractivity contribution in [3.05, 3.63) is 76.2 Å². The number of urea groups is 1. The maximum atomic E-state index is 12.7. The molecule has 0 saturated heterocycles. The fourth-order valence-electron chi connectivity index (χ4n) is 2.32. The molecule has 0 unspecified atom stereocenters. The van der Waals surface area contributed by atoms with Crippen LogP contribution in [0.5, 0.6) is 5.75 Å². The van der Waals surface area contributed by atoms with E-state index >= 15 is 0 Å². The predicted molar refractivity (Wildman–Crippen MR) is 104 cm³/mol. The average molecular weight is 436 g/mol. The van der Waals surface area contributed by atoms with E-state index in [9.17, 15) is 22.8 Å². The second-order valence-electron chi connectivity index (χ2n) is 5.87. The molecule has 30 heavy (non-hydrogen) atoms. The molecule has 3 N–H and O–H groups in total. The lowest BCUT2D eigenvalue weighted by molar-refractivity contribution is -0.137. The van der Waals surface area contributed by atoms with Gasteiger partial charge >= 0.3 is 12.2 Å². The van der Waals surface area contributed by atoms with E-state index in [1.807, 2.05) is 0 Å². The van der Waals surface area contributed by atoms with Crippen LogP contribution < -0.4 is 20.9 Å². The maximum absolute atomic E-state index is 12.7. The number of ether oxygens (including phenoxy) is 1. The summed E-state index contributed by atoms with van der Waals surface area (Å²) < 4.78 is 43.8. The van der Waals surface area contributed by atoms with Gasteiger partial charge in [0.2, 0.25) is 0 Å². The van der Waals surface area contributed by atoms with Gasteiger partial charge < -0.3 is 10.1 Å². The van der Waals surface area contributed by atoms with E-state index in [1.54, 1.807) is 36.0 Å². The molecule has 0 aliphatic carbocycles. The molecule has 2 aromatic heterocycles. The van der Waals surface area contributed by atoms with Gasteiger partial charge in [0.15, 0.2) is 0 Å². The number of halogens is 3. The fourth-order valence-corrected chi connectivity index (χ4v) is 3.05. The van der Waals surface area contributed by atoms with Crippen LogP contribution in [0.3, 0.4) is 0 Å². The van der Waals surface area contributed by atoms with Crippen LogP contribution in [-0.4, -0.2) is 16.9 Å². The number of thiophene rings is 1. The minimum atomic E-state index is -4.53. The number of carbonyl (C=O) groups excluding carboxylic acids is 2. The largest absolute Gasteiger partial charge is 0.487 e. The molecular weight excluding hydrogens is 421 g/mol. The molecule has 0 spiro atoms. The van der Waals surface area contributed by atoms with Crippen LogP contribution in [0.25, 0.3) is 0 Å². The summed E-state index contributed by atoms with van der Waals surface area (Å²) in [5.74, 6) is -0.302. The normalized spacial score (nSPS) is 10.9. The standard InChI is InChI=1S/C19H15F3N4O3S/c20-19(21,22)13-2-1-3-14(10-13)24-18(28)26-25-17(27)16-15(6-9-30-16)29-11-12-4-7-23-8-5-12/h1-10H,11H2,(H,25,27)(H2,24,26,28).